The van der Waals surface area contributed by atoms with E-state index in [9.17, 15) is 9.18 Å². The molecular weight excluding hydrogens is 199 g/mol. The fraction of sp³-hybridized carbons (Fsp3) is 0.400. The smallest absolute Gasteiger partial charge is 0.306 e. The SMILES string of the molecule is COC(=O)CC(CN)c1ccc(F)nc1. The van der Waals surface area contributed by atoms with Crippen LogP contribution in [0.1, 0.15) is 17.9 Å². The monoisotopic (exact) mass is 212 g/mol. The lowest BCUT2D eigenvalue weighted by atomic mass is 9.98. The number of methoxy groups -OCH3 is 1. The second-order valence-electron chi connectivity index (χ2n) is 3.13. The molecule has 1 aromatic rings. The van der Waals surface area contributed by atoms with E-state index in [1.54, 1.807) is 6.07 Å². The van der Waals surface area contributed by atoms with Gasteiger partial charge in [-0.1, -0.05) is 6.07 Å². The molecule has 1 heterocycles. The highest BCUT2D eigenvalue weighted by atomic mass is 19.1. The Kier molecular flexibility index (Phi) is 4.17. The van der Waals surface area contributed by atoms with Gasteiger partial charge in [-0.15, -0.1) is 0 Å². The van der Waals surface area contributed by atoms with Crippen molar-refractivity contribution in [2.45, 2.75) is 12.3 Å². The van der Waals surface area contributed by atoms with E-state index in [0.29, 0.717) is 6.54 Å². The summed E-state index contributed by atoms with van der Waals surface area (Å²) in [7, 11) is 1.32. The van der Waals surface area contributed by atoms with Crippen LogP contribution in [-0.2, 0) is 9.53 Å². The minimum absolute atomic E-state index is 0.175. The number of rotatable bonds is 4. The third-order valence-electron chi connectivity index (χ3n) is 2.15. The zero-order valence-electron chi connectivity index (χ0n) is 8.44. The van der Waals surface area contributed by atoms with Gasteiger partial charge in [0.1, 0.15) is 0 Å². The van der Waals surface area contributed by atoms with Crippen molar-refractivity contribution in [2.75, 3.05) is 13.7 Å². The summed E-state index contributed by atoms with van der Waals surface area (Å²) >= 11 is 0. The minimum atomic E-state index is -0.549. The van der Waals surface area contributed by atoms with Gasteiger partial charge in [-0.25, -0.2) is 4.98 Å². The molecule has 0 amide bonds. The highest BCUT2D eigenvalue weighted by Gasteiger charge is 2.15. The molecule has 15 heavy (non-hydrogen) atoms. The minimum Gasteiger partial charge on any atom is -0.469 e. The van der Waals surface area contributed by atoms with E-state index in [0.717, 1.165) is 5.56 Å². The summed E-state index contributed by atoms with van der Waals surface area (Å²) in [5, 5.41) is 0. The summed E-state index contributed by atoms with van der Waals surface area (Å²) in [6, 6.07) is 2.82. The average Bonchev–Trinajstić information content (AvgIpc) is 2.27. The van der Waals surface area contributed by atoms with Crippen molar-refractivity contribution in [3.05, 3.63) is 29.8 Å². The Bertz CT molecular complexity index is 327. The molecule has 2 N–H and O–H groups in total. The molecule has 0 saturated carbocycles. The number of ether oxygens (including phenoxy) is 1. The van der Waals surface area contributed by atoms with Crippen LogP contribution in [0.5, 0.6) is 0 Å². The number of pyridine rings is 1. The van der Waals surface area contributed by atoms with Crippen molar-refractivity contribution >= 4 is 5.97 Å². The highest BCUT2D eigenvalue weighted by Crippen LogP contribution is 2.18. The van der Waals surface area contributed by atoms with Gasteiger partial charge in [0.15, 0.2) is 0 Å². The van der Waals surface area contributed by atoms with Gasteiger partial charge in [0.05, 0.1) is 13.5 Å². The quantitative estimate of drug-likeness (QED) is 0.593. The van der Waals surface area contributed by atoms with Gasteiger partial charge >= 0.3 is 5.97 Å². The Labute approximate surface area is 87.3 Å². The van der Waals surface area contributed by atoms with Crippen LogP contribution >= 0.6 is 0 Å². The van der Waals surface area contributed by atoms with Gasteiger partial charge < -0.3 is 10.5 Å². The number of esters is 1. The van der Waals surface area contributed by atoms with Gasteiger partial charge in [-0.3, -0.25) is 4.79 Å². The van der Waals surface area contributed by atoms with Crippen LogP contribution in [-0.4, -0.2) is 24.6 Å². The Balaban J connectivity index is 2.74. The predicted molar refractivity (Wildman–Crippen MR) is 52.6 cm³/mol. The molecule has 82 valence electrons. The van der Waals surface area contributed by atoms with Crippen molar-refractivity contribution in [2.24, 2.45) is 5.73 Å². The predicted octanol–water partition coefficient (Wildman–Crippen LogP) is 0.826. The molecule has 0 bridgehead atoms. The molecule has 0 spiro atoms. The molecule has 4 nitrogen and oxygen atoms in total. The van der Waals surface area contributed by atoms with Crippen molar-refractivity contribution in [3.63, 3.8) is 0 Å². The maximum absolute atomic E-state index is 12.5. The van der Waals surface area contributed by atoms with Gasteiger partial charge in [0, 0.05) is 12.1 Å². The fourth-order valence-electron chi connectivity index (χ4n) is 1.25. The first-order valence-electron chi connectivity index (χ1n) is 4.55. The molecule has 1 rings (SSSR count). The molecule has 0 aromatic carbocycles. The van der Waals surface area contributed by atoms with Crippen LogP contribution in [0, 0.1) is 5.95 Å². The van der Waals surface area contributed by atoms with Crippen molar-refractivity contribution in [3.8, 4) is 0 Å². The van der Waals surface area contributed by atoms with Crippen LogP contribution in [0.3, 0.4) is 0 Å². The van der Waals surface area contributed by atoms with E-state index < -0.39 is 5.95 Å². The average molecular weight is 212 g/mol. The molecule has 1 aromatic heterocycles. The zero-order chi connectivity index (χ0) is 11.3. The second kappa shape index (κ2) is 5.41. The Morgan fingerprint density at radius 1 is 1.67 bits per heavy atom. The molecule has 0 aliphatic heterocycles. The standard InChI is InChI=1S/C10H13FN2O2/c1-15-10(14)4-8(5-12)7-2-3-9(11)13-6-7/h2-3,6,8H,4-5,12H2,1H3. The molecule has 0 aliphatic rings. The first-order valence-corrected chi connectivity index (χ1v) is 4.55. The van der Waals surface area contributed by atoms with Crippen LogP contribution in [0.15, 0.2) is 18.3 Å². The number of aromatic nitrogens is 1. The number of carbonyl (C=O) groups excluding carboxylic acids is 1. The summed E-state index contributed by atoms with van der Waals surface area (Å²) in [4.78, 5) is 14.6. The van der Waals surface area contributed by atoms with Gasteiger partial charge in [-0.05, 0) is 18.2 Å². The molecule has 0 saturated heterocycles. The van der Waals surface area contributed by atoms with E-state index in [1.165, 1.54) is 19.4 Å². The number of nitrogens with two attached hydrogens (primary N) is 1. The Hall–Kier alpha value is -1.49. The first-order chi connectivity index (χ1) is 7.17. The van der Waals surface area contributed by atoms with E-state index in [4.69, 9.17) is 5.73 Å². The summed E-state index contributed by atoms with van der Waals surface area (Å²) in [5.74, 6) is -1.06. The molecule has 0 fully saturated rings. The molecular formula is C10H13FN2O2. The summed E-state index contributed by atoms with van der Waals surface area (Å²) in [6.45, 7) is 0.294. The van der Waals surface area contributed by atoms with Crippen molar-refractivity contribution in [1.82, 2.24) is 4.98 Å². The van der Waals surface area contributed by atoms with Gasteiger partial charge in [0.2, 0.25) is 5.95 Å². The number of hydrogen-bond acceptors (Lipinski definition) is 4. The highest BCUT2D eigenvalue weighted by molar-refractivity contribution is 5.70. The lowest BCUT2D eigenvalue weighted by molar-refractivity contribution is -0.141. The fourth-order valence-corrected chi connectivity index (χ4v) is 1.25. The molecule has 1 atom stereocenters. The summed E-state index contributed by atoms with van der Waals surface area (Å²) in [6.07, 6.45) is 1.57. The molecule has 0 aliphatic carbocycles. The third-order valence-corrected chi connectivity index (χ3v) is 2.15. The maximum atomic E-state index is 12.5. The van der Waals surface area contributed by atoms with Crippen LogP contribution in [0.4, 0.5) is 4.39 Å². The second-order valence-corrected chi connectivity index (χ2v) is 3.13. The van der Waals surface area contributed by atoms with Crippen LogP contribution in [0.25, 0.3) is 0 Å². The topological polar surface area (TPSA) is 65.2 Å². The molecule has 5 heteroatoms. The van der Waals surface area contributed by atoms with Crippen molar-refractivity contribution in [1.29, 1.82) is 0 Å². The Morgan fingerprint density at radius 2 is 2.40 bits per heavy atom. The lowest BCUT2D eigenvalue weighted by Gasteiger charge is -2.12. The number of nitrogens with zero attached hydrogens (tertiary/aromatic N) is 1. The van der Waals surface area contributed by atoms with Crippen LogP contribution in [0.2, 0.25) is 0 Å². The molecule has 1 unspecified atom stereocenters. The number of hydrogen-bond donors (Lipinski definition) is 1. The summed E-state index contributed by atoms with van der Waals surface area (Å²) < 4.78 is 17.1. The maximum Gasteiger partial charge on any atom is 0.306 e. The zero-order valence-corrected chi connectivity index (χ0v) is 8.44. The van der Waals surface area contributed by atoms with E-state index in [-0.39, 0.29) is 18.3 Å². The number of carbonyl (C=O) groups is 1. The van der Waals surface area contributed by atoms with Gasteiger partial charge in [-0.2, -0.15) is 4.39 Å². The first kappa shape index (κ1) is 11.6. The number of halogens is 1. The van der Waals surface area contributed by atoms with Crippen LogP contribution < -0.4 is 5.73 Å². The molecule has 0 radical (unpaired) electrons. The van der Waals surface area contributed by atoms with Gasteiger partial charge in [0.25, 0.3) is 0 Å². The van der Waals surface area contributed by atoms with E-state index in [2.05, 4.69) is 9.72 Å². The summed E-state index contributed by atoms with van der Waals surface area (Å²) in [5.41, 5.74) is 6.26. The van der Waals surface area contributed by atoms with E-state index >= 15 is 0 Å². The lowest BCUT2D eigenvalue weighted by Crippen LogP contribution is -2.17. The largest absolute Gasteiger partial charge is 0.469 e. The Morgan fingerprint density at radius 3 is 2.87 bits per heavy atom. The van der Waals surface area contributed by atoms with Crippen molar-refractivity contribution < 1.29 is 13.9 Å². The third kappa shape index (κ3) is 3.28. The van der Waals surface area contributed by atoms with E-state index in [1.807, 2.05) is 0 Å². The normalized spacial score (nSPS) is 12.2.